The van der Waals surface area contributed by atoms with Gasteiger partial charge in [0, 0.05) is 0 Å². The van der Waals surface area contributed by atoms with Gasteiger partial charge >= 0.3 is 0 Å². The molecule has 46 heavy (non-hydrogen) atoms. The van der Waals surface area contributed by atoms with E-state index in [1.54, 1.807) is 0 Å². The molecule has 4 nitrogen and oxygen atoms in total. The number of fused-ring (bicyclic) bond motifs is 3. The molecule has 0 spiro atoms. The van der Waals surface area contributed by atoms with Crippen molar-refractivity contribution in [2.24, 2.45) is 0 Å². The van der Waals surface area contributed by atoms with Crippen LogP contribution in [0.15, 0.2) is 145 Å². The highest BCUT2D eigenvalue weighted by Gasteiger charge is 2.48. The van der Waals surface area contributed by atoms with Gasteiger partial charge in [-0.3, -0.25) is 9.59 Å². The van der Waals surface area contributed by atoms with Crippen molar-refractivity contribution in [2.75, 3.05) is 0 Å². The Labute approximate surface area is 268 Å². The van der Waals surface area contributed by atoms with E-state index in [0.29, 0.717) is 35.6 Å². The minimum atomic E-state index is -0.151. The van der Waals surface area contributed by atoms with Crippen molar-refractivity contribution in [1.82, 2.24) is 9.80 Å². The fraction of sp³-hybridized carbons (Fsp3) is 0.0952. The summed E-state index contributed by atoms with van der Waals surface area (Å²) in [6.07, 6.45) is 0. The summed E-state index contributed by atoms with van der Waals surface area (Å²) in [6.45, 7) is 4.84. The van der Waals surface area contributed by atoms with Crippen LogP contribution >= 0.6 is 0 Å². The van der Waals surface area contributed by atoms with Crippen molar-refractivity contribution < 1.29 is 9.59 Å². The molecule has 8 rings (SSSR count). The molecular weight excluding hydrogens is 564 g/mol. The smallest absolute Gasteiger partial charge is 0.261 e. The molecule has 0 saturated heterocycles. The molecule has 2 aliphatic heterocycles. The van der Waals surface area contributed by atoms with Gasteiger partial charge in [-0.05, 0) is 69.8 Å². The third-order valence-corrected chi connectivity index (χ3v) is 9.15. The van der Waals surface area contributed by atoms with E-state index < -0.39 is 0 Å². The number of rotatable bonds is 6. The van der Waals surface area contributed by atoms with E-state index in [9.17, 15) is 9.59 Å². The van der Waals surface area contributed by atoms with Crippen molar-refractivity contribution in [2.45, 2.75) is 26.9 Å². The van der Waals surface area contributed by atoms with Gasteiger partial charge in [-0.2, -0.15) is 0 Å². The third-order valence-electron chi connectivity index (χ3n) is 9.15. The molecule has 0 radical (unpaired) electrons. The number of amides is 2. The quantitative estimate of drug-likeness (QED) is 0.193. The maximum Gasteiger partial charge on any atom is 0.261 e. The van der Waals surface area contributed by atoms with Crippen LogP contribution in [0.4, 0.5) is 0 Å². The second-order valence-electron chi connectivity index (χ2n) is 12.3. The SMILES string of the molecule is Cc1ccc(CN2C(=O)C3=C(c4ccc5ccccc5c4)N(Cc4ccc(C)cc4)C(=O)C3=C2c2ccc3ccccc3c2)cc1. The Balaban J connectivity index is 1.37. The lowest BCUT2D eigenvalue weighted by atomic mass is 9.99. The fourth-order valence-corrected chi connectivity index (χ4v) is 6.72. The van der Waals surface area contributed by atoms with Crippen molar-refractivity contribution >= 4 is 44.8 Å². The first-order valence-corrected chi connectivity index (χ1v) is 15.7. The third kappa shape index (κ3) is 4.70. The molecule has 2 aliphatic rings. The van der Waals surface area contributed by atoms with Crippen molar-refractivity contribution in [3.63, 3.8) is 0 Å². The molecule has 6 aromatic carbocycles. The highest BCUT2D eigenvalue weighted by atomic mass is 16.2. The van der Waals surface area contributed by atoms with E-state index in [0.717, 1.165) is 54.9 Å². The van der Waals surface area contributed by atoms with E-state index >= 15 is 0 Å². The van der Waals surface area contributed by atoms with Gasteiger partial charge in [0.25, 0.3) is 11.8 Å². The van der Waals surface area contributed by atoms with Crippen LogP contribution in [0.3, 0.4) is 0 Å². The minimum Gasteiger partial charge on any atom is -0.302 e. The molecule has 4 heteroatoms. The van der Waals surface area contributed by atoms with Crippen molar-refractivity contribution in [1.29, 1.82) is 0 Å². The zero-order valence-electron chi connectivity index (χ0n) is 25.8. The summed E-state index contributed by atoms with van der Waals surface area (Å²) in [4.78, 5) is 33.2. The molecule has 2 heterocycles. The molecule has 0 aromatic heterocycles. The molecule has 0 atom stereocenters. The molecular formula is C42H32N2O2. The van der Waals surface area contributed by atoms with E-state index in [-0.39, 0.29) is 11.8 Å². The lowest BCUT2D eigenvalue weighted by molar-refractivity contribution is -0.124. The Hall–Kier alpha value is -5.74. The Morgan fingerprint density at radius 2 is 0.804 bits per heavy atom. The van der Waals surface area contributed by atoms with Crippen molar-refractivity contribution in [3.8, 4) is 0 Å². The highest BCUT2D eigenvalue weighted by Crippen LogP contribution is 2.48. The van der Waals surface area contributed by atoms with Gasteiger partial charge in [0.1, 0.15) is 0 Å². The van der Waals surface area contributed by atoms with Gasteiger partial charge in [-0.1, -0.05) is 132 Å². The number of benzene rings is 6. The van der Waals surface area contributed by atoms with Gasteiger partial charge in [0.05, 0.1) is 35.6 Å². The summed E-state index contributed by atoms with van der Waals surface area (Å²) < 4.78 is 0. The Morgan fingerprint density at radius 3 is 1.20 bits per heavy atom. The topological polar surface area (TPSA) is 40.6 Å². The molecule has 0 fully saturated rings. The average Bonchev–Trinajstić information content (AvgIpc) is 3.52. The van der Waals surface area contributed by atoms with Gasteiger partial charge in [0.15, 0.2) is 0 Å². The van der Waals surface area contributed by atoms with E-state index in [1.807, 2.05) is 46.2 Å². The predicted molar refractivity (Wildman–Crippen MR) is 185 cm³/mol. The first kappa shape index (κ1) is 27.8. The average molecular weight is 597 g/mol. The van der Waals surface area contributed by atoms with Crippen LogP contribution in [0.2, 0.25) is 0 Å². The van der Waals surface area contributed by atoms with Gasteiger partial charge < -0.3 is 9.80 Å². The maximum atomic E-state index is 14.8. The second kappa shape index (κ2) is 11.0. The van der Waals surface area contributed by atoms with Crippen LogP contribution in [0.5, 0.6) is 0 Å². The van der Waals surface area contributed by atoms with Crippen LogP contribution in [-0.2, 0) is 22.7 Å². The predicted octanol–water partition coefficient (Wildman–Crippen LogP) is 8.82. The number of hydrogen-bond donors (Lipinski definition) is 0. The van der Waals surface area contributed by atoms with E-state index in [4.69, 9.17) is 0 Å². The zero-order chi connectivity index (χ0) is 31.4. The van der Waals surface area contributed by atoms with Gasteiger partial charge in [0.2, 0.25) is 0 Å². The summed E-state index contributed by atoms with van der Waals surface area (Å²) >= 11 is 0. The number of carbonyl (C=O) groups is 2. The first-order chi connectivity index (χ1) is 22.4. The first-order valence-electron chi connectivity index (χ1n) is 15.7. The Morgan fingerprint density at radius 1 is 0.435 bits per heavy atom. The Kier molecular flexibility index (Phi) is 6.65. The van der Waals surface area contributed by atoms with Crippen LogP contribution < -0.4 is 0 Å². The lowest BCUT2D eigenvalue weighted by Gasteiger charge is -2.26. The number of nitrogens with zero attached hydrogens (tertiary/aromatic N) is 2. The fourth-order valence-electron chi connectivity index (χ4n) is 6.72. The largest absolute Gasteiger partial charge is 0.302 e. The van der Waals surface area contributed by atoms with E-state index in [1.165, 1.54) is 0 Å². The van der Waals surface area contributed by atoms with Crippen LogP contribution in [-0.4, -0.2) is 21.6 Å². The summed E-state index contributed by atoms with van der Waals surface area (Å²) in [5, 5.41) is 4.34. The standard InChI is InChI=1S/C42H32N2O2/c1-27-11-15-29(16-12-27)25-43-39(35-21-19-31-7-3-5-9-33(31)23-35)37-38(41(43)45)40(36-22-20-32-8-4-6-10-34(32)24-36)44(42(37)46)26-30-17-13-28(2)14-18-30/h3-24H,25-26H2,1-2H3. The molecule has 0 N–H and O–H groups in total. The van der Waals surface area contributed by atoms with Crippen LogP contribution in [0, 0.1) is 13.8 Å². The summed E-state index contributed by atoms with van der Waals surface area (Å²) in [6, 6.07) is 45.3. The normalized spacial score (nSPS) is 14.7. The van der Waals surface area contributed by atoms with E-state index in [2.05, 4.69) is 111 Å². The number of aryl methyl sites for hydroxylation is 2. The molecule has 0 bridgehead atoms. The van der Waals surface area contributed by atoms with Crippen molar-refractivity contribution in [3.05, 3.63) is 178 Å². The maximum absolute atomic E-state index is 14.8. The monoisotopic (exact) mass is 596 g/mol. The summed E-state index contributed by atoms with van der Waals surface area (Å²) in [7, 11) is 0. The summed E-state index contributed by atoms with van der Waals surface area (Å²) in [5.41, 5.74) is 8.33. The molecule has 6 aromatic rings. The van der Waals surface area contributed by atoms with Crippen LogP contribution in [0.25, 0.3) is 32.9 Å². The summed E-state index contributed by atoms with van der Waals surface area (Å²) in [5.74, 6) is -0.303. The minimum absolute atomic E-state index is 0.151. The molecule has 2 amide bonds. The number of hydrogen-bond acceptors (Lipinski definition) is 2. The molecule has 0 aliphatic carbocycles. The molecule has 222 valence electrons. The number of carbonyl (C=O) groups excluding carboxylic acids is 2. The van der Waals surface area contributed by atoms with Gasteiger partial charge in [-0.15, -0.1) is 0 Å². The Bertz CT molecular complexity index is 2100. The highest BCUT2D eigenvalue weighted by molar-refractivity contribution is 6.30. The van der Waals surface area contributed by atoms with Crippen LogP contribution in [0.1, 0.15) is 33.4 Å². The molecule has 0 saturated carbocycles. The van der Waals surface area contributed by atoms with Gasteiger partial charge in [-0.25, -0.2) is 0 Å². The zero-order valence-corrected chi connectivity index (χ0v) is 25.8. The lowest BCUT2D eigenvalue weighted by Crippen LogP contribution is -2.29. The molecule has 0 unspecified atom stereocenters. The second-order valence-corrected chi connectivity index (χ2v) is 12.3.